The Labute approximate surface area is 181 Å². The summed E-state index contributed by atoms with van der Waals surface area (Å²) in [5, 5.41) is 0. The van der Waals surface area contributed by atoms with E-state index in [1.807, 2.05) is 0 Å². The first-order valence-corrected chi connectivity index (χ1v) is 12.9. The first-order chi connectivity index (χ1) is 14.5. The Bertz CT molecular complexity index is 526. The highest BCUT2D eigenvalue weighted by Crippen LogP contribution is 2.49. The molecule has 0 bridgehead atoms. The van der Waals surface area contributed by atoms with Crippen molar-refractivity contribution in [2.45, 2.75) is 115 Å². The largest absolute Gasteiger partial charge is 0.378 e. The van der Waals surface area contributed by atoms with Crippen LogP contribution in [-0.4, -0.2) is 31.7 Å². The fourth-order valence-electron chi connectivity index (χ4n) is 7.74. The SMILES string of the molecule is COC1CCC(C2CCC(C3CCC(C4CCC(C)CC4)CC3)C(F)C2F)CC1F. The van der Waals surface area contributed by atoms with E-state index in [2.05, 4.69) is 6.92 Å². The van der Waals surface area contributed by atoms with E-state index in [-0.39, 0.29) is 23.9 Å². The monoisotopic (exact) mass is 428 g/mol. The van der Waals surface area contributed by atoms with Gasteiger partial charge in [0.2, 0.25) is 0 Å². The summed E-state index contributed by atoms with van der Waals surface area (Å²) in [7, 11) is 1.54. The van der Waals surface area contributed by atoms with Gasteiger partial charge < -0.3 is 4.74 Å². The van der Waals surface area contributed by atoms with Crippen molar-refractivity contribution in [2.24, 2.45) is 41.4 Å². The lowest BCUT2D eigenvalue weighted by molar-refractivity contribution is -0.0635. The van der Waals surface area contributed by atoms with E-state index >= 15 is 8.78 Å². The predicted octanol–water partition coefficient (Wildman–Crippen LogP) is 7.47. The summed E-state index contributed by atoms with van der Waals surface area (Å²) < 4.78 is 50.0. The average Bonchev–Trinajstić information content (AvgIpc) is 2.76. The van der Waals surface area contributed by atoms with Crippen molar-refractivity contribution in [3.05, 3.63) is 0 Å². The van der Waals surface area contributed by atoms with Gasteiger partial charge in [0.25, 0.3) is 0 Å². The molecule has 0 N–H and O–H groups in total. The first-order valence-electron chi connectivity index (χ1n) is 12.9. The van der Waals surface area contributed by atoms with Gasteiger partial charge in [-0.3, -0.25) is 0 Å². The number of hydrogen-bond donors (Lipinski definition) is 0. The lowest BCUT2D eigenvalue weighted by atomic mass is 9.62. The Morgan fingerprint density at radius 2 is 1.03 bits per heavy atom. The molecule has 0 saturated heterocycles. The number of ether oxygens (including phenoxy) is 1. The minimum Gasteiger partial charge on any atom is -0.378 e. The molecule has 7 unspecified atom stereocenters. The summed E-state index contributed by atoms with van der Waals surface area (Å²) in [5.74, 6) is 2.51. The second kappa shape index (κ2) is 10.1. The maximum atomic E-state index is 15.3. The van der Waals surface area contributed by atoms with Crippen LogP contribution in [0.4, 0.5) is 13.2 Å². The molecule has 0 amide bonds. The van der Waals surface area contributed by atoms with Crippen LogP contribution in [0.5, 0.6) is 0 Å². The van der Waals surface area contributed by atoms with Crippen LogP contribution in [0.2, 0.25) is 0 Å². The van der Waals surface area contributed by atoms with Gasteiger partial charge in [0.05, 0.1) is 6.10 Å². The van der Waals surface area contributed by atoms with Crippen molar-refractivity contribution in [1.82, 2.24) is 0 Å². The van der Waals surface area contributed by atoms with Crippen molar-refractivity contribution in [1.29, 1.82) is 0 Å². The van der Waals surface area contributed by atoms with Crippen molar-refractivity contribution < 1.29 is 17.9 Å². The van der Waals surface area contributed by atoms with E-state index < -0.39 is 18.5 Å². The zero-order valence-electron chi connectivity index (χ0n) is 19.1. The number of halogens is 3. The van der Waals surface area contributed by atoms with Crippen molar-refractivity contribution >= 4 is 0 Å². The van der Waals surface area contributed by atoms with Crippen molar-refractivity contribution in [3.63, 3.8) is 0 Å². The van der Waals surface area contributed by atoms with Crippen LogP contribution in [0.15, 0.2) is 0 Å². The van der Waals surface area contributed by atoms with E-state index in [0.29, 0.717) is 18.8 Å². The lowest BCUT2D eigenvalue weighted by Gasteiger charge is -2.45. The Morgan fingerprint density at radius 1 is 0.567 bits per heavy atom. The minimum atomic E-state index is -1.40. The molecule has 4 fully saturated rings. The molecular weight excluding hydrogens is 385 g/mol. The second-order valence-electron chi connectivity index (χ2n) is 11.4. The molecule has 4 rings (SSSR count). The molecule has 4 aliphatic rings. The number of rotatable bonds is 4. The Kier molecular flexibility index (Phi) is 7.74. The molecule has 0 aromatic carbocycles. The summed E-state index contributed by atoms with van der Waals surface area (Å²) >= 11 is 0. The van der Waals surface area contributed by atoms with Crippen LogP contribution in [0.1, 0.15) is 90.4 Å². The first kappa shape index (κ1) is 22.9. The van der Waals surface area contributed by atoms with Gasteiger partial charge in [-0.1, -0.05) is 19.8 Å². The third kappa shape index (κ3) is 4.89. The quantitative estimate of drug-likeness (QED) is 0.451. The predicted molar refractivity (Wildman–Crippen MR) is 116 cm³/mol. The zero-order chi connectivity index (χ0) is 21.3. The lowest BCUT2D eigenvalue weighted by Crippen LogP contribution is -2.46. The maximum absolute atomic E-state index is 15.3. The molecule has 0 radical (unpaired) electrons. The van der Waals surface area contributed by atoms with Crippen molar-refractivity contribution in [3.8, 4) is 0 Å². The highest BCUT2D eigenvalue weighted by molar-refractivity contribution is 4.97. The molecule has 30 heavy (non-hydrogen) atoms. The zero-order valence-corrected chi connectivity index (χ0v) is 19.1. The van der Waals surface area contributed by atoms with Crippen LogP contribution in [-0.2, 0) is 4.74 Å². The number of alkyl halides is 3. The molecule has 0 aromatic rings. The van der Waals surface area contributed by atoms with Gasteiger partial charge in [0, 0.05) is 7.11 Å². The van der Waals surface area contributed by atoms with Crippen LogP contribution >= 0.6 is 0 Å². The normalized spacial score (nSPS) is 50.9. The summed E-state index contributed by atoms with van der Waals surface area (Å²) in [4.78, 5) is 0. The molecule has 7 atom stereocenters. The molecule has 0 aliphatic heterocycles. The fourth-order valence-corrected chi connectivity index (χ4v) is 7.74. The molecule has 174 valence electrons. The molecule has 4 heteroatoms. The highest BCUT2D eigenvalue weighted by atomic mass is 19.2. The molecular formula is C26H43F3O. The summed E-state index contributed by atoms with van der Waals surface area (Å²) in [6.07, 6.45) is 9.24. The topological polar surface area (TPSA) is 9.23 Å². The van der Waals surface area contributed by atoms with Crippen LogP contribution in [0.25, 0.3) is 0 Å². The van der Waals surface area contributed by atoms with Gasteiger partial charge >= 0.3 is 0 Å². The fraction of sp³-hybridized carbons (Fsp3) is 1.00. The number of hydrogen-bond acceptors (Lipinski definition) is 1. The highest BCUT2D eigenvalue weighted by Gasteiger charge is 2.48. The van der Waals surface area contributed by atoms with Crippen LogP contribution < -0.4 is 0 Å². The van der Waals surface area contributed by atoms with E-state index in [1.165, 1.54) is 38.5 Å². The molecule has 4 aliphatic carbocycles. The number of methoxy groups -OCH3 is 1. The van der Waals surface area contributed by atoms with E-state index in [1.54, 1.807) is 7.11 Å². The Morgan fingerprint density at radius 3 is 1.57 bits per heavy atom. The third-order valence-corrected chi connectivity index (χ3v) is 9.77. The Hall–Kier alpha value is -0.250. The summed E-state index contributed by atoms with van der Waals surface area (Å²) in [5.41, 5.74) is 0. The summed E-state index contributed by atoms with van der Waals surface area (Å²) in [6.45, 7) is 2.37. The van der Waals surface area contributed by atoms with Gasteiger partial charge in [0.15, 0.2) is 0 Å². The molecule has 0 spiro atoms. The smallest absolute Gasteiger partial charge is 0.134 e. The van der Waals surface area contributed by atoms with Gasteiger partial charge in [0.1, 0.15) is 18.5 Å². The van der Waals surface area contributed by atoms with Gasteiger partial charge in [-0.15, -0.1) is 0 Å². The molecule has 1 nitrogen and oxygen atoms in total. The van der Waals surface area contributed by atoms with Crippen LogP contribution in [0.3, 0.4) is 0 Å². The minimum absolute atomic E-state index is 0.0231. The summed E-state index contributed by atoms with van der Waals surface area (Å²) in [6, 6.07) is 0. The maximum Gasteiger partial charge on any atom is 0.134 e. The van der Waals surface area contributed by atoms with E-state index in [0.717, 1.165) is 49.9 Å². The third-order valence-electron chi connectivity index (χ3n) is 9.77. The molecule has 0 heterocycles. The molecule has 0 aromatic heterocycles. The van der Waals surface area contributed by atoms with E-state index in [9.17, 15) is 4.39 Å². The van der Waals surface area contributed by atoms with Crippen LogP contribution in [0, 0.1) is 41.4 Å². The average molecular weight is 429 g/mol. The molecule has 4 saturated carbocycles. The van der Waals surface area contributed by atoms with Gasteiger partial charge in [-0.05, 0) is 112 Å². The van der Waals surface area contributed by atoms with Gasteiger partial charge in [-0.2, -0.15) is 0 Å². The Balaban J connectivity index is 1.27. The van der Waals surface area contributed by atoms with Gasteiger partial charge in [-0.25, -0.2) is 13.2 Å². The second-order valence-corrected chi connectivity index (χ2v) is 11.4. The standard InChI is InChI=1S/C26H43F3O/c1-16-3-5-17(6-4-16)18-7-9-19(10-8-18)21-12-13-22(26(29)25(21)28)20-11-14-24(30-2)23(27)15-20/h16-26H,3-15H2,1-2H3. The van der Waals surface area contributed by atoms with E-state index in [4.69, 9.17) is 4.74 Å². The van der Waals surface area contributed by atoms with Crippen molar-refractivity contribution in [2.75, 3.05) is 7.11 Å².